The Morgan fingerprint density at radius 1 is 1.32 bits per heavy atom. The molecule has 2 amide bonds. The normalized spacial score (nSPS) is 20.6. The molecule has 7 nitrogen and oxygen atoms in total. The highest BCUT2D eigenvalue weighted by atomic mass is 32.3. The highest BCUT2D eigenvalue weighted by molar-refractivity contribution is 8.33. The van der Waals surface area contributed by atoms with Gasteiger partial charge in [0.2, 0.25) is 5.91 Å². The monoisotopic (exact) mass is 464 g/mol. The molecular weight excluding hydrogens is 432 g/mol. The van der Waals surface area contributed by atoms with Gasteiger partial charge in [0.25, 0.3) is 5.91 Å². The van der Waals surface area contributed by atoms with Gasteiger partial charge in [-0.2, -0.15) is 5.10 Å². The van der Waals surface area contributed by atoms with E-state index in [4.69, 9.17) is 4.74 Å². The Labute approximate surface area is 189 Å². The van der Waals surface area contributed by atoms with Crippen molar-refractivity contribution in [3.8, 4) is 0 Å². The van der Waals surface area contributed by atoms with E-state index in [0.717, 1.165) is 35.4 Å². The number of H-pyrrole nitrogens is 1. The van der Waals surface area contributed by atoms with Gasteiger partial charge in [-0.05, 0) is 63.3 Å². The molecule has 2 aromatic rings. The summed E-state index contributed by atoms with van der Waals surface area (Å²) in [5, 5.41) is 12.6. The molecule has 0 radical (unpaired) electrons. The maximum Gasteiger partial charge on any atom is 0.258 e. The standard InChI is InChI=1S/C22H32N4O3S2/c1-21(2)17-14(13-26(21)19(27)16(29-3)15-9-7-12-30-15)18(25-24-17)23-20(28)22(10-8-11-22)31(4,5)6/h7,9,12,16H,8,10-11,13H2,1-6H3,(H2,23,24,25,28). The molecule has 3 heterocycles. The lowest BCUT2D eigenvalue weighted by atomic mass is 9.83. The molecule has 1 saturated carbocycles. The fourth-order valence-corrected chi connectivity index (χ4v) is 7.64. The lowest BCUT2D eigenvalue weighted by Crippen LogP contribution is -2.51. The number of aromatic amines is 1. The number of methoxy groups -OCH3 is 1. The third-order valence-electron chi connectivity index (χ3n) is 6.98. The van der Waals surface area contributed by atoms with Crippen molar-refractivity contribution < 1.29 is 14.3 Å². The van der Waals surface area contributed by atoms with E-state index < -0.39 is 21.7 Å². The van der Waals surface area contributed by atoms with Crippen LogP contribution < -0.4 is 5.32 Å². The van der Waals surface area contributed by atoms with E-state index in [2.05, 4.69) is 34.3 Å². The van der Waals surface area contributed by atoms with Gasteiger partial charge in [-0.25, -0.2) is 10.0 Å². The number of hydrogen-bond donors (Lipinski definition) is 2. The molecule has 2 aliphatic rings. The first kappa shape index (κ1) is 22.4. The molecule has 0 spiro atoms. The predicted molar refractivity (Wildman–Crippen MR) is 127 cm³/mol. The Morgan fingerprint density at radius 3 is 2.55 bits per heavy atom. The Hall–Kier alpha value is -1.84. The summed E-state index contributed by atoms with van der Waals surface area (Å²) in [5.41, 5.74) is 1.16. The number of carbonyl (C=O) groups is 2. The number of rotatable bonds is 6. The van der Waals surface area contributed by atoms with Crippen molar-refractivity contribution >= 4 is 39.0 Å². The highest BCUT2D eigenvalue weighted by Gasteiger charge is 2.51. The summed E-state index contributed by atoms with van der Waals surface area (Å²) in [6, 6.07) is 3.83. The van der Waals surface area contributed by atoms with Crippen LogP contribution in [0, 0.1) is 0 Å². The van der Waals surface area contributed by atoms with Gasteiger partial charge in [-0.3, -0.25) is 14.7 Å². The van der Waals surface area contributed by atoms with Crippen molar-refractivity contribution in [1.82, 2.24) is 15.1 Å². The summed E-state index contributed by atoms with van der Waals surface area (Å²) in [6.45, 7) is 4.37. The smallest absolute Gasteiger partial charge is 0.258 e. The lowest BCUT2D eigenvalue weighted by Gasteiger charge is -2.53. The van der Waals surface area contributed by atoms with Crippen LogP contribution >= 0.6 is 21.4 Å². The van der Waals surface area contributed by atoms with E-state index in [9.17, 15) is 9.59 Å². The van der Waals surface area contributed by atoms with Gasteiger partial charge < -0.3 is 15.0 Å². The number of hydrogen-bond acceptors (Lipinski definition) is 5. The minimum atomic E-state index is -1.06. The molecule has 2 N–H and O–H groups in total. The molecule has 0 aromatic carbocycles. The molecule has 1 fully saturated rings. The Balaban J connectivity index is 1.59. The summed E-state index contributed by atoms with van der Waals surface area (Å²) >= 11 is 1.51. The molecule has 0 bridgehead atoms. The Bertz CT molecular complexity index is 987. The first-order chi connectivity index (χ1) is 14.5. The number of nitrogens with one attached hydrogen (secondary N) is 2. The number of fused-ring (bicyclic) bond motifs is 1. The summed E-state index contributed by atoms with van der Waals surface area (Å²) in [4.78, 5) is 29.4. The molecule has 31 heavy (non-hydrogen) atoms. The van der Waals surface area contributed by atoms with Crippen LogP contribution in [0.15, 0.2) is 17.5 Å². The van der Waals surface area contributed by atoms with E-state index in [1.165, 1.54) is 11.3 Å². The van der Waals surface area contributed by atoms with Gasteiger partial charge in [0.1, 0.15) is 0 Å². The number of ether oxygens (including phenoxy) is 1. The van der Waals surface area contributed by atoms with E-state index >= 15 is 0 Å². The van der Waals surface area contributed by atoms with Crippen LogP contribution in [0.25, 0.3) is 0 Å². The van der Waals surface area contributed by atoms with Gasteiger partial charge >= 0.3 is 0 Å². The molecule has 4 rings (SSSR count). The second kappa shape index (κ2) is 7.64. The van der Waals surface area contributed by atoms with E-state index in [1.807, 2.05) is 36.3 Å². The number of nitrogens with zero attached hydrogens (tertiary/aromatic N) is 2. The van der Waals surface area contributed by atoms with Crippen LogP contribution in [0.5, 0.6) is 0 Å². The van der Waals surface area contributed by atoms with Crippen molar-refractivity contribution in [1.29, 1.82) is 0 Å². The average Bonchev–Trinajstić information content (AvgIpc) is 3.32. The van der Waals surface area contributed by atoms with Crippen LogP contribution in [-0.4, -0.2) is 57.5 Å². The molecule has 170 valence electrons. The largest absolute Gasteiger partial charge is 0.366 e. The highest BCUT2D eigenvalue weighted by Crippen LogP contribution is 2.60. The fraction of sp³-hybridized carbons (Fsp3) is 0.591. The summed E-state index contributed by atoms with van der Waals surface area (Å²) in [7, 11) is 0.499. The van der Waals surface area contributed by atoms with Gasteiger partial charge in [-0.1, -0.05) is 6.07 Å². The molecule has 1 aliphatic carbocycles. The van der Waals surface area contributed by atoms with Gasteiger partial charge in [-0.15, -0.1) is 11.3 Å². The maximum absolute atomic E-state index is 13.4. The molecule has 9 heteroatoms. The van der Waals surface area contributed by atoms with Crippen molar-refractivity contribution in [3.63, 3.8) is 0 Å². The van der Waals surface area contributed by atoms with Crippen molar-refractivity contribution in [2.45, 2.75) is 56.0 Å². The van der Waals surface area contributed by atoms with Crippen molar-refractivity contribution in [2.75, 3.05) is 31.2 Å². The second-order valence-electron chi connectivity index (χ2n) is 9.68. The fourth-order valence-electron chi connectivity index (χ4n) is 4.73. The van der Waals surface area contributed by atoms with Crippen molar-refractivity contribution in [2.24, 2.45) is 0 Å². The quantitative estimate of drug-likeness (QED) is 0.677. The summed E-state index contributed by atoms with van der Waals surface area (Å²) in [5.74, 6) is 0.515. The second-order valence-corrected chi connectivity index (χ2v) is 15.1. The predicted octanol–water partition coefficient (Wildman–Crippen LogP) is 3.99. The molecule has 1 unspecified atom stereocenters. The zero-order valence-electron chi connectivity index (χ0n) is 19.1. The number of anilines is 1. The zero-order valence-corrected chi connectivity index (χ0v) is 20.7. The molecule has 2 aromatic heterocycles. The van der Waals surface area contributed by atoms with Gasteiger partial charge in [0.05, 0.1) is 22.5 Å². The van der Waals surface area contributed by atoms with E-state index in [-0.39, 0.29) is 16.6 Å². The third-order valence-corrected chi connectivity index (χ3v) is 10.8. The van der Waals surface area contributed by atoms with Crippen LogP contribution in [0.4, 0.5) is 5.82 Å². The minimum Gasteiger partial charge on any atom is -0.366 e. The maximum atomic E-state index is 13.4. The SMILES string of the molecule is COC(C(=O)N1Cc2c(NC(=O)C3(S(C)(C)C)CCC3)n[nH]c2C1(C)C)c1cccs1. The molecule has 1 aliphatic heterocycles. The Morgan fingerprint density at radius 2 is 2.03 bits per heavy atom. The van der Waals surface area contributed by atoms with Crippen LogP contribution in [0.3, 0.4) is 0 Å². The number of thiophene rings is 1. The van der Waals surface area contributed by atoms with Crippen molar-refractivity contribution in [3.05, 3.63) is 33.6 Å². The van der Waals surface area contributed by atoms with Crippen LogP contribution in [-0.2, 0) is 26.4 Å². The molecular formula is C22H32N4O3S2. The van der Waals surface area contributed by atoms with Crippen LogP contribution in [0.2, 0.25) is 0 Å². The summed E-state index contributed by atoms with van der Waals surface area (Å²) in [6.07, 6.45) is 8.93. The number of amides is 2. The molecule has 0 saturated heterocycles. The van der Waals surface area contributed by atoms with Gasteiger partial charge in [0.15, 0.2) is 11.9 Å². The van der Waals surface area contributed by atoms with E-state index in [0.29, 0.717) is 12.4 Å². The average molecular weight is 465 g/mol. The first-order valence-electron chi connectivity index (χ1n) is 10.5. The van der Waals surface area contributed by atoms with E-state index in [1.54, 1.807) is 7.11 Å². The number of carbonyl (C=O) groups excluding carboxylic acids is 2. The number of aromatic nitrogens is 2. The van der Waals surface area contributed by atoms with Gasteiger partial charge in [0, 0.05) is 17.6 Å². The van der Waals surface area contributed by atoms with Crippen LogP contribution in [0.1, 0.15) is 55.3 Å². The zero-order chi connectivity index (χ0) is 22.6. The molecule has 1 atom stereocenters. The Kier molecular flexibility index (Phi) is 5.51. The minimum absolute atomic E-state index is 0.0616. The lowest BCUT2D eigenvalue weighted by molar-refractivity contribution is -0.148. The first-order valence-corrected chi connectivity index (χ1v) is 14.2. The topological polar surface area (TPSA) is 87.3 Å². The summed E-state index contributed by atoms with van der Waals surface area (Å²) < 4.78 is 5.27. The third kappa shape index (κ3) is 3.41.